The second kappa shape index (κ2) is 4.55. The van der Waals surface area contributed by atoms with Crippen LogP contribution in [0.25, 0.3) is 0 Å². The lowest BCUT2D eigenvalue weighted by Gasteiger charge is -2.31. The third-order valence-electron chi connectivity index (χ3n) is 3.26. The summed E-state index contributed by atoms with van der Waals surface area (Å²) in [6.07, 6.45) is 1.03. The van der Waals surface area contributed by atoms with Crippen LogP contribution in [0.2, 0.25) is 0 Å². The van der Waals surface area contributed by atoms with Gasteiger partial charge in [-0.05, 0) is 43.5 Å². The molecule has 4 heteroatoms. The van der Waals surface area contributed by atoms with Gasteiger partial charge in [0.15, 0.2) is 5.78 Å². The minimum Gasteiger partial charge on any atom is -0.381 e. The lowest BCUT2D eigenvalue weighted by atomic mass is 9.83. The fourth-order valence-electron chi connectivity index (χ4n) is 2.04. The van der Waals surface area contributed by atoms with E-state index in [0.717, 1.165) is 0 Å². The van der Waals surface area contributed by atoms with Crippen LogP contribution in [0.15, 0.2) is 18.2 Å². The van der Waals surface area contributed by atoms with Crippen LogP contribution < -0.4 is 5.73 Å². The number of aryl methyl sites for hydroxylation is 1. The molecule has 1 aliphatic rings. The Morgan fingerprint density at radius 1 is 1.41 bits per heavy atom. The first-order chi connectivity index (χ1) is 8.03. The van der Waals surface area contributed by atoms with Crippen LogP contribution >= 0.6 is 0 Å². The third kappa shape index (κ3) is 2.37. The summed E-state index contributed by atoms with van der Waals surface area (Å²) >= 11 is 0. The van der Waals surface area contributed by atoms with Gasteiger partial charge in [-0.15, -0.1) is 0 Å². The number of halogens is 1. The van der Waals surface area contributed by atoms with E-state index in [2.05, 4.69) is 0 Å². The molecule has 0 atom stereocenters. The van der Waals surface area contributed by atoms with Gasteiger partial charge in [0.1, 0.15) is 5.82 Å². The summed E-state index contributed by atoms with van der Waals surface area (Å²) in [5.74, 6) is -0.427. The minimum atomic E-state index is -0.859. The van der Waals surface area contributed by atoms with E-state index in [4.69, 9.17) is 10.5 Å². The highest BCUT2D eigenvalue weighted by Crippen LogP contribution is 2.23. The Balaban J connectivity index is 2.26. The second-order valence-electron chi connectivity index (χ2n) is 4.56. The fraction of sp³-hybridized carbons (Fsp3) is 0.462. The van der Waals surface area contributed by atoms with E-state index in [-0.39, 0.29) is 11.6 Å². The van der Waals surface area contributed by atoms with E-state index in [1.54, 1.807) is 13.0 Å². The number of rotatable bonds is 2. The Labute approximate surface area is 99.8 Å². The number of nitrogens with two attached hydrogens (primary N) is 1. The third-order valence-corrected chi connectivity index (χ3v) is 3.26. The second-order valence-corrected chi connectivity index (χ2v) is 4.56. The summed E-state index contributed by atoms with van der Waals surface area (Å²) in [7, 11) is 0. The molecular formula is C13H16FNO2. The molecule has 2 N–H and O–H groups in total. The molecule has 92 valence electrons. The largest absolute Gasteiger partial charge is 0.381 e. The summed E-state index contributed by atoms with van der Waals surface area (Å²) in [5, 5.41) is 0. The molecule has 1 aromatic rings. The molecule has 1 heterocycles. The molecule has 1 saturated heterocycles. The van der Waals surface area contributed by atoms with Crippen LogP contribution in [0.1, 0.15) is 28.8 Å². The van der Waals surface area contributed by atoms with Gasteiger partial charge in [-0.1, -0.05) is 0 Å². The van der Waals surface area contributed by atoms with Crippen LogP contribution in [0.5, 0.6) is 0 Å². The molecule has 0 radical (unpaired) electrons. The summed E-state index contributed by atoms with van der Waals surface area (Å²) in [4.78, 5) is 12.3. The molecular weight excluding hydrogens is 221 g/mol. The van der Waals surface area contributed by atoms with Crippen molar-refractivity contribution < 1.29 is 13.9 Å². The van der Waals surface area contributed by atoms with Crippen LogP contribution in [0, 0.1) is 12.7 Å². The quantitative estimate of drug-likeness (QED) is 0.798. The summed E-state index contributed by atoms with van der Waals surface area (Å²) in [6.45, 7) is 2.64. The smallest absolute Gasteiger partial charge is 0.182 e. The Morgan fingerprint density at radius 3 is 2.65 bits per heavy atom. The Bertz CT molecular complexity index is 439. The van der Waals surface area contributed by atoms with Crippen molar-refractivity contribution in [3.05, 3.63) is 35.1 Å². The van der Waals surface area contributed by atoms with Crippen molar-refractivity contribution in [3.8, 4) is 0 Å². The zero-order valence-electron chi connectivity index (χ0n) is 9.83. The van der Waals surface area contributed by atoms with Gasteiger partial charge in [0.2, 0.25) is 0 Å². The average Bonchev–Trinajstić information content (AvgIpc) is 2.33. The van der Waals surface area contributed by atoms with Crippen molar-refractivity contribution in [2.45, 2.75) is 25.3 Å². The van der Waals surface area contributed by atoms with Gasteiger partial charge < -0.3 is 10.5 Å². The Morgan fingerprint density at radius 2 is 2.06 bits per heavy atom. The zero-order valence-corrected chi connectivity index (χ0v) is 9.83. The van der Waals surface area contributed by atoms with Crippen molar-refractivity contribution in [2.75, 3.05) is 13.2 Å². The molecule has 1 aromatic carbocycles. The lowest BCUT2D eigenvalue weighted by Crippen LogP contribution is -2.51. The molecule has 0 spiro atoms. The highest BCUT2D eigenvalue weighted by Gasteiger charge is 2.36. The van der Waals surface area contributed by atoms with Crippen molar-refractivity contribution >= 4 is 5.78 Å². The molecule has 1 aliphatic heterocycles. The number of hydrogen-bond acceptors (Lipinski definition) is 3. The molecule has 0 aromatic heterocycles. The van der Waals surface area contributed by atoms with E-state index in [1.165, 1.54) is 12.1 Å². The summed E-state index contributed by atoms with van der Waals surface area (Å²) < 4.78 is 18.3. The van der Waals surface area contributed by atoms with Gasteiger partial charge in [-0.25, -0.2) is 4.39 Å². The van der Waals surface area contributed by atoms with Crippen LogP contribution in [-0.2, 0) is 4.74 Å². The van der Waals surface area contributed by atoms with Gasteiger partial charge >= 0.3 is 0 Å². The normalized spacial score (nSPS) is 19.0. The average molecular weight is 237 g/mol. The Hall–Kier alpha value is -1.26. The SMILES string of the molecule is Cc1cc(C(=O)C2(N)CCOCC2)ccc1F. The number of ketones is 1. The molecule has 3 nitrogen and oxygen atoms in total. The monoisotopic (exact) mass is 237 g/mol. The predicted molar refractivity (Wildman–Crippen MR) is 62.4 cm³/mol. The van der Waals surface area contributed by atoms with E-state index < -0.39 is 5.54 Å². The van der Waals surface area contributed by atoms with Crippen LogP contribution in [0.4, 0.5) is 4.39 Å². The molecule has 1 fully saturated rings. The maximum Gasteiger partial charge on any atom is 0.182 e. The molecule has 0 bridgehead atoms. The van der Waals surface area contributed by atoms with E-state index >= 15 is 0 Å². The molecule has 0 saturated carbocycles. The predicted octanol–water partition coefficient (Wildman–Crippen LogP) is 1.82. The molecule has 2 rings (SSSR count). The molecule has 0 amide bonds. The highest BCUT2D eigenvalue weighted by molar-refractivity contribution is 6.03. The number of carbonyl (C=O) groups is 1. The van der Waals surface area contributed by atoms with Crippen LogP contribution in [0.3, 0.4) is 0 Å². The standard InChI is InChI=1S/C13H16FNO2/c1-9-8-10(2-3-11(9)14)12(16)13(15)4-6-17-7-5-13/h2-3,8H,4-7,15H2,1H3. The number of Topliss-reactive ketones (excluding diaryl/α,β-unsaturated/α-hetero) is 1. The van der Waals surface area contributed by atoms with Gasteiger partial charge in [-0.3, -0.25) is 4.79 Å². The van der Waals surface area contributed by atoms with Crippen molar-refractivity contribution in [1.82, 2.24) is 0 Å². The van der Waals surface area contributed by atoms with Gasteiger partial charge in [-0.2, -0.15) is 0 Å². The topological polar surface area (TPSA) is 52.3 Å². The lowest BCUT2D eigenvalue weighted by molar-refractivity contribution is 0.0448. The van der Waals surface area contributed by atoms with E-state index in [0.29, 0.717) is 37.2 Å². The van der Waals surface area contributed by atoms with E-state index in [1.807, 2.05) is 0 Å². The van der Waals surface area contributed by atoms with Gasteiger partial charge in [0.05, 0.1) is 5.54 Å². The van der Waals surface area contributed by atoms with Crippen molar-refractivity contribution in [1.29, 1.82) is 0 Å². The maximum absolute atomic E-state index is 13.1. The first kappa shape index (κ1) is 12.2. The fourth-order valence-corrected chi connectivity index (χ4v) is 2.04. The molecule has 17 heavy (non-hydrogen) atoms. The van der Waals surface area contributed by atoms with Gasteiger partial charge in [0, 0.05) is 18.8 Å². The van der Waals surface area contributed by atoms with Gasteiger partial charge in [0.25, 0.3) is 0 Å². The maximum atomic E-state index is 13.1. The Kier molecular flexibility index (Phi) is 3.26. The number of carbonyl (C=O) groups excluding carboxylic acids is 1. The first-order valence-corrected chi connectivity index (χ1v) is 5.70. The van der Waals surface area contributed by atoms with Crippen molar-refractivity contribution in [2.24, 2.45) is 5.73 Å². The number of benzene rings is 1. The molecule has 0 aliphatic carbocycles. The number of hydrogen-bond donors (Lipinski definition) is 1. The zero-order chi connectivity index (χ0) is 12.5. The number of ether oxygens (including phenoxy) is 1. The van der Waals surface area contributed by atoms with Crippen molar-refractivity contribution in [3.63, 3.8) is 0 Å². The summed E-state index contributed by atoms with van der Waals surface area (Å²) in [5.41, 5.74) is 6.19. The van der Waals surface area contributed by atoms with E-state index in [9.17, 15) is 9.18 Å². The van der Waals surface area contributed by atoms with Crippen LogP contribution in [-0.4, -0.2) is 24.5 Å². The highest BCUT2D eigenvalue weighted by atomic mass is 19.1. The first-order valence-electron chi connectivity index (χ1n) is 5.70. The molecule has 0 unspecified atom stereocenters. The minimum absolute atomic E-state index is 0.121. The summed E-state index contributed by atoms with van der Waals surface area (Å²) in [6, 6.07) is 4.36.